The predicted molar refractivity (Wildman–Crippen MR) is 146 cm³/mol. The van der Waals surface area contributed by atoms with Gasteiger partial charge in [-0.2, -0.15) is 0 Å². The summed E-state index contributed by atoms with van der Waals surface area (Å²) in [6, 6.07) is 14.3. The average molecular weight is 508 g/mol. The summed E-state index contributed by atoms with van der Waals surface area (Å²) < 4.78 is 16.7. The molecule has 0 saturated heterocycles. The first-order chi connectivity index (χ1) is 17.2. The predicted octanol–water partition coefficient (Wildman–Crippen LogP) is 5.88. The lowest BCUT2D eigenvalue weighted by Crippen LogP contribution is -2.01. The number of hydrogen-bond acceptors (Lipinski definition) is 5. The van der Waals surface area contributed by atoms with E-state index in [2.05, 4.69) is 36.2 Å². The van der Waals surface area contributed by atoms with Gasteiger partial charge < -0.3 is 20.3 Å². The molecule has 0 radical (unpaired) electrons. The van der Waals surface area contributed by atoms with E-state index in [1.165, 1.54) is 11.1 Å². The van der Waals surface area contributed by atoms with Gasteiger partial charge in [0.05, 0.1) is 23.8 Å². The molecule has 0 unspecified atom stereocenters. The van der Waals surface area contributed by atoms with Crippen molar-refractivity contribution in [3.05, 3.63) is 71.0 Å². The number of aryl methyl sites for hydroxylation is 4. The lowest BCUT2D eigenvalue weighted by Gasteiger charge is -2.11. The van der Waals surface area contributed by atoms with Crippen LogP contribution in [0.15, 0.2) is 48.7 Å². The maximum atomic E-state index is 10.9. The van der Waals surface area contributed by atoms with Crippen LogP contribution < -0.4 is 10.5 Å². The number of pyridine rings is 2. The molecule has 0 aliphatic rings. The fourth-order valence-corrected chi connectivity index (χ4v) is 5.15. The molecule has 2 aromatic carbocycles. The Hall–Kier alpha value is -2.99. The van der Waals surface area contributed by atoms with E-state index >= 15 is 0 Å². The summed E-state index contributed by atoms with van der Waals surface area (Å²) in [5, 5.41) is 2.00. The van der Waals surface area contributed by atoms with Crippen LogP contribution in [-0.2, 0) is 17.4 Å². The largest absolute Gasteiger partial charge is 0.494 e. The Bertz CT molecular complexity index is 1420. The number of fused-ring (bicyclic) bond motifs is 3. The number of nitrogens with two attached hydrogens (primary N) is 1. The molecule has 0 aliphatic carbocycles. The summed E-state index contributed by atoms with van der Waals surface area (Å²) in [6.45, 7) is 4.74. The summed E-state index contributed by atoms with van der Waals surface area (Å²) in [7, 11) is -3.87. The quantitative estimate of drug-likeness (QED) is 0.100. The highest BCUT2D eigenvalue weighted by atomic mass is 31.2. The summed E-state index contributed by atoms with van der Waals surface area (Å²) in [5.41, 5.74) is 13.3. The van der Waals surface area contributed by atoms with E-state index in [1.807, 2.05) is 31.3 Å². The van der Waals surface area contributed by atoms with Crippen LogP contribution >= 0.6 is 7.60 Å². The highest BCUT2D eigenvalue weighted by Crippen LogP contribution is 2.35. The molecular weight excluding hydrogens is 473 g/mol. The van der Waals surface area contributed by atoms with Crippen molar-refractivity contribution < 1.29 is 19.1 Å². The van der Waals surface area contributed by atoms with Crippen molar-refractivity contribution >= 4 is 35.1 Å². The molecule has 4 N–H and O–H groups in total. The van der Waals surface area contributed by atoms with Crippen molar-refractivity contribution in [2.24, 2.45) is 0 Å². The molecular formula is C28H34N3O4P. The molecule has 190 valence electrons. The van der Waals surface area contributed by atoms with E-state index in [9.17, 15) is 4.57 Å². The Labute approximate surface area is 211 Å². The van der Waals surface area contributed by atoms with Gasteiger partial charge in [0.15, 0.2) is 0 Å². The van der Waals surface area contributed by atoms with E-state index in [0.717, 1.165) is 76.6 Å². The number of nitrogen functional groups attached to an aromatic ring is 1. The Morgan fingerprint density at radius 3 is 2.53 bits per heavy atom. The maximum Gasteiger partial charge on any atom is 0.325 e. The van der Waals surface area contributed by atoms with Gasteiger partial charge in [-0.15, -0.1) is 0 Å². The Morgan fingerprint density at radius 2 is 1.75 bits per heavy atom. The zero-order valence-electron chi connectivity index (χ0n) is 20.9. The van der Waals surface area contributed by atoms with E-state index in [0.29, 0.717) is 13.0 Å². The van der Waals surface area contributed by atoms with Crippen LogP contribution in [0.25, 0.3) is 21.8 Å². The summed E-state index contributed by atoms with van der Waals surface area (Å²) >= 11 is 0. The Balaban J connectivity index is 1.32. The minimum absolute atomic E-state index is 0.0363. The summed E-state index contributed by atoms with van der Waals surface area (Å²) in [5.74, 6) is 0.848. The van der Waals surface area contributed by atoms with E-state index in [1.54, 1.807) is 0 Å². The Kier molecular flexibility index (Phi) is 8.24. The second-order valence-electron chi connectivity index (χ2n) is 9.43. The van der Waals surface area contributed by atoms with Crippen LogP contribution in [0.2, 0.25) is 0 Å². The maximum absolute atomic E-state index is 10.9. The standard InChI is InChI=1S/C28H34N3O4P/c1-19-7-14-25(29)27-24-13-11-22(31-26(24)18-30-28(19)27)10-8-21-9-12-23(17-20(21)2)35-15-5-3-4-6-16-36(32,33)34/h7,9,11-14,17-18H,3-6,8,10,15-16,29H2,1-2H3,(H2,32,33,34). The van der Waals surface area contributed by atoms with Crippen LogP contribution in [-0.4, -0.2) is 32.5 Å². The third kappa shape index (κ3) is 6.61. The number of unbranched alkanes of at least 4 members (excludes halogenated alkanes) is 3. The molecule has 0 aliphatic heterocycles. The third-order valence-electron chi connectivity index (χ3n) is 6.56. The average Bonchev–Trinajstić information content (AvgIpc) is 2.84. The first-order valence-corrected chi connectivity index (χ1v) is 14.2. The van der Waals surface area contributed by atoms with Crippen molar-refractivity contribution in [3.8, 4) is 5.75 Å². The lowest BCUT2D eigenvalue weighted by atomic mass is 10.0. The minimum atomic E-state index is -3.87. The lowest BCUT2D eigenvalue weighted by molar-refractivity contribution is 0.304. The van der Waals surface area contributed by atoms with Crippen LogP contribution in [0.3, 0.4) is 0 Å². The van der Waals surface area contributed by atoms with Gasteiger partial charge in [-0.3, -0.25) is 14.5 Å². The molecule has 2 heterocycles. The number of benzene rings is 2. The topological polar surface area (TPSA) is 119 Å². The molecule has 0 spiro atoms. The summed E-state index contributed by atoms with van der Waals surface area (Å²) in [4.78, 5) is 27.3. The van der Waals surface area contributed by atoms with Gasteiger partial charge >= 0.3 is 7.60 Å². The normalized spacial score (nSPS) is 11.9. The highest BCUT2D eigenvalue weighted by Gasteiger charge is 2.12. The third-order valence-corrected chi connectivity index (χ3v) is 7.46. The number of ether oxygens (including phenoxy) is 1. The number of nitrogens with zero attached hydrogens (tertiary/aromatic N) is 2. The van der Waals surface area contributed by atoms with Crippen LogP contribution in [0.1, 0.15) is 48.1 Å². The van der Waals surface area contributed by atoms with E-state index < -0.39 is 7.60 Å². The highest BCUT2D eigenvalue weighted by molar-refractivity contribution is 7.51. The molecule has 2 aromatic heterocycles. The van der Waals surface area contributed by atoms with Gasteiger partial charge in [0, 0.05) is 28.3 Å². The van der Waals surface area contributed by atoms with Crippen LogP contribution in [0.5, 0.6) is 5.75 Å². The van der Waals surface area contributed by atoms with Gasteiger partial charge in [-0.25, -0.2) is 0 Å². The molecule has 7 nitrogen and oxygen atoms in total. The van der Waals surface area contributed by atoms with E-state index in [-0.39, 0.29) is 6.16 Å². The van der Waals surface area contributed by atoms with Crippen molar-refractivity contribution in [2.75, 3.05) is 18.5 Å². The molecule has 4 rings (SSSR count). The second kappa shape index (κ2) is 11.4. The molecule has 0 fully saturated rings. The van der Waals surface area contributed by atoms with Gasteiger partial charge in [-0.05, 0) is 80.5 Å². The zero-order chi connectivity index (χ0) is 25.7. The van der Waals surface area contributed by atoms with Gasteiger partial charge in [-0.1, -0.05) is 31.0 Å². The second-order valence-corrected chi connectivity index (χ2v) is 11.2. The monoisotopic (exact) mass is 507 g/mol. The van der Waals surface area contributed by atoms with Gasteiger partial charge in [0.1, 0.15) is 5.75 Å². The summed E-state index contributed by atoms with van der Waals surface area (Å²) in [6.07, 6.45) is 6.62. The van der Waals surface area contributed by atoms with E-state index in [4.69, 9.17) is 25.2 Å². The fraction of sp³-hybridized carbons (Fsp3) is 0.357. The molecule has 0 saturated carbocycles. The number of aromatic nitrogens is 2. The zero-order valence-corrected chi connectivity index (χ0v) is 21.8. The molecule has 8 heteroatoms. The number of hydrogen-bond donors (Lipinski definition) is 3. The number of anilines is 1. The number of rotatable bonds is 11. The van der Waals surface area contributed by atoms with Crippen molar-refractivity contribution in [3.63, 3.8) is 0 Å². The first kappa shape index (κ1) is 26.1. The molecule has 0 bridgehead atoms. The molecule has 0 amide bonds. The fourth-order valence-electron chi connectivity index (χ4n) is 4.52. The van der Waals surface area contributed by atoms with Crippen LogP contribution in [0, 0.1) is 13.8 Å². The minimum Gasteiger partial charge on any atom is -0.494 e. The van der Waals surface area contributed by atoms with Gasteiger partial charge in [0.25, 0.3) is 0 Å². The molecule has 36 heavy (non-hydrogen) atoms. The first-order valence-electron chi connectivity index (χ1n) is 12.4. The molecule has 0 atom stereocenters. The van der Waals surface area contributed by atoms with Crippen molar-refractivity contribution in [2.45, 2.75) is 52.4 Å². The van der Waals surface area contributed by atoms with Crippen molar-refractivity contribution in [1.82, 2.24) is 9.97 Å². The van der Waals surface area contributed by atoms with Gasteiger partial charge in [0.2, 0.25) is 0 Å². The van der Waals surface area contributed by atoms with Crippen molar-refractivity contribution in [1.29, 1.82) is 0 Å². The molecule has 4 aromatic rings. The SMILES string of the molecule is Cc1cc(OCCCCCCP(=O)(O)O)ccc1CCc1ccc2c(cnc3c(C)ccc(N)c32)n1. The smallest absolute Gasteiger partial charge is 0.325 e. The Morgan fingerprint density at radius 1 is 0.944 bits per heavy atom. The van der Waals surface area contributed by atoms with Crippen LogP contribution in [0.4, 0.5) is 5.69 Å².